The molecule has 0 aliphatic carbocycles. The number of aryl methyl sites for hydroxylation is 1. The van der Waals surface area contributed by atoms with Crippen LogP contribution in [0.25, 0.3) is 0 Å². The lowest BCUT2D eigenvalue weighted by Gasteiger charge is -2.30. The van der Waals surface area contributed by atoms with Crippen molar-refractivity contribution < 1.29 is 9.90 Å². The lowest BCUT2D eigenvalue weighted by Crippen LogP contribution is -2.36. The molecule has 0 spiro atoms. The maximum atomic E-state index is 10.8. The molecule has 5 heteroatoms. The molecule has 1 aromatic heterocycles. The van der Waals surface area contributed by atoms with Crippen molar-refractivity contribution in [2.75, 3.05) is 13.1 Å². The van der Waals surface area contributed by atoms with Crippen LogP contribution < -0.4 is 0 Å². The van der Waals surface area contributed by atoms with Crippen molar-refractivity contribution in [2.24, 2.45) is 0 Å². The summed E-state index contributed by atoms with van der Waals surface area (Å²) in [5, 5.41) is 9.39. The molecule has 1 fully saturated rings. The molecule has 17 heavy (non-hydrogen) atoms. The second-order valence-corrected chi connectivity index (χ2v) is 4.80. The Hall–Kier alpha value is -1.29. The van der Waals surface area contributed by atoms with Gasteiger partial charge in [0.1, 0.15) is 5.15 Å². The number of hydrogen-bond acceptors (Lipinski definition) is 2. The van der Waals surface area contributed by atoms with E-state index in [0.29, 0.717) is 24.2 Å². The van der Waals surface area contributed by atoms with Gasteiger partial charge in [-0.1, -0.05) is 11.6 Å². The van der Waals surface area contributed by atoms with Gasteiger partial charge < -0.3 is 10.0 Å². The molecule has 2 heterocycles. The summed E-state index contributed by atoms with van der Waals surface area (Å²) in [6.07, 6.45) is 0.880. The second-order valence-electron chi connectivity index (χ2n) is 4.41. The molecule has 0 unspecified atom stereocenters. The summed E-state index contributed by atoms with van der Waals surface area (Å²) in [7, 11) is 0. The van der Waals surface area contributed by atoms with Crippen molar-refractivity contribution in [1.82, 2.24) is 9.88 Å². The Morgan fingerprint density at radius 2 is 2.12 bits per heavy atom. The minimum Gasteiger partial charge on any atom is -0.465 e. The first-order valence-corrected chi connectivity index (χ1v) is 6.06. The maximum Gasteiger partial charge on any atom is 0.407 e. The van der Waals surface area contributed by atoms with Gasteiger partial charge in [0.15, 0.2) is 0 Å². The molecule has 0 bridgehead atoms. The number of rotatable bonds is 1. The number of piperidine rings is 1. The van der Waals surface area contributed by atoms with Gasteiger partial charge >= 0.3 is 6.09 Å². The number of hydrogen-bond donors (Lipinski definition) is 1. The van der Waals surface area contributed by atoms with E-state index in [9.17, 15) is 4.79 Å². The van der Waals surface area contributed by atoms with Crippen molar-refractivity contribution in [3.8, 4) is 0 Å². The Labute approximate surface area is 105 Å². The van der Waals surface area contributed by atoms with Crippen molar-refractivity contribution in [3.05, 3.63) is 28.5 Å². The molecule has 1 amide bonds. The van der Waals surface area contributed by atoms with Crippen molar-refractivity contribution in [1.29, 1.82) is 0 Å². The number of nitrogens with zero attached hydrogens (tertiary/aromatic N) is 2. The van der Waals surface area contributed by atoms with E-state index in [1.54, 1.807) is 0 Å². The second kappa shape index (κ2) is 4.92. The average molecular weight is 255 g/mol. The molecule has 1 N–H and O–H groups in total. The maximum absolute atomic E-state index is 10.8. The normalized spacial score (nSPS) is 17.2. The van der Waals surface area contributed by atoms with Gasteiger partial charge in [-0.15, -0.1) is 0 Å². The topological polar surface area (TPSA) is 53.4 Å². The molecule has 1 aromatic rings. The molecule has 0 saturated carbocycles. The highest BCUT2D eigenvalue weighted by molar-refractivity contribution is 6.29. The van der Waals surface area contributed by atoms with Crippen LogP contribution in [-0.4, -0.2) is 34.2 Å². The van der Waals surface area contributed by atoms with Crippen LogP contribution in [-0.2, 0) is 0 Å². The fourth-order valence-corrected chi connectivity index (χ4v) is 2.55. The minimum atomic E-state index is -0.826. The third-order valence-corrected chi connectivity index (χ3v) is 3.37. The summed E-state index contributed by atoms with van der Waals surface area (Å²) in [6.45, 7) is 3.11. The van der Waals surface area contributed by atoms with E-state index in [1.165, 1.54) is 10.5 Å². The van der Waals surface area contributed by atoms with Gasteiger partial charge in [0.25, 0.3) is 0 Å². The van der Waals surface area contributed by atoms with Gasteiger partial charge in [0.2, 0.25) is 0 Å². The van der Waals surface area contributed by atoms with Gasteiger partial charge in [-0.05, 0) is 43.4 Å². The molecule has 2 rings (SSSR count). The SMILES string of the molecule is Cc1cc(C2CCN(C(=O)O)CC2)cc(Cl)n1. The zero-order valence-electron chi connectivity index (χ0n) is 9.69. The summed E-state index contributed by atoms with van der Waals surface area (Å²) in [6, 6.07) is 3.92. The molecule has 0 aromatic carbocycles. The summed E-state index contributed by atoms with van der Waals surface area (Å²) < 4.78 is 0. The predicted molar refractivity (Wildman–Crippen MR) is 65.6 cm³/mol. The van der Waals surface area contributed by atoms with Crippen LogP contribution >= 0.6 is 11.6 Å². The zero-order valence-corrected chi connectivity index (χ0v) is 10.4. The van der Waals surface area contributed by atoms with Crippen LogP contribution in [0.15, 0.2) is 12.1 Å². The highest BCUT2D eigenvalue weighted by Crippen LogP contribution is 2.29. The van der Waals surface area contributed by atoms with E-state index in [-0.39, 0.29) is 0 Å². The van der Waals surface area contributed by atoms with Gasteiger partial charge in [0, 0.05) is 18.8 Å². The summed E-state index contributed by atoms with van der Waals surface area (Å²) in [5.41, 5.74) is 2.08. The molecular weight excluding hydrogens is 240 g/mol. The van der Waals surface area contributed by atoms with Crippen molar-refractivity contribution in [3.63, 3.8) is 0 Å². The van der Waals surface area contributed by atoms with E-state index >= 15 is 0 Å². The number of pyridine rings is 1. The molecule has 4 nitrogen and oxygen atoms in total. The minimum absolute atomic E-state index is 0.393. The monoisotopic (exact) mass is 254 g/mol. The molecule has 1 aliphatic heterocycles. The first kappa shape index (κ1) is 12.2. The van der Waals surface area contributed by atoms with Crippen molar-refractivity contribution in [2.45, 2.75) is 25.7 Å². The van der Waals surface area contributed by atoms with E-state index in [0.717, 1.165) is 18.5 Å². The first-order chi connectivity index (χ1) is 8.06. The number of aromatic nitrogens is 1. The molecular formula is C12H15ClN2O2. The Morgan fingerprint density at radius 1 is 1.47 bits per heavy atom. The first-order valence-electron chi connectivity index (χ1n) is 5.68. The number of carboxylic acid groups (broad SMARTS) is 1. The molecule has 0 atom stereocenters. The van der Waals surface area contributed by atoms with E-state index in [4.69, 9.17) is 16.7 Å². The molecule has 92 valence electrons. The smallest absolute Gasteiger partial charge is 0.407 e. The van der Waals surface area contributed by atoms with Crippen LogP contribution in [0.2, 0.25) is 5.15 Å². The third kappa shape index (κ3) is 2.88. The quantitative estimate of drug-likeness (QED) is 0.784. The number of likely N-dealkylation sites (tertiary alicyclic amines) is 1. The van der Waals surface area contributed by atoms with E-state index in [1.807, 2.05) is 19.1 Å². The lowest BCUT2D eigenvalue weighted by atomic mass is 9.90. The predicted octanol–water partition coefficient (Wildman–Crippen LogP) is 2.90. The van der Waals surface area contributed by atoms with Crippen LogP contribution in [0.4, 0.5) is 4.79 Å². The highest BCUT2D eigenvalue weighted by Gasteiger charge is 2.23. The fraction of sp³-hybridized carbons (Fsp3) is 0.500. The van der Waals surface area contributed by atoms with Gasteiger partial charge in [-0.25, -0.2) is 9.78 Å². The molecule has 0 radical (unpaired) electrons. The average Bonchev–Trinajstić information content (AvgIpc) is 2.28. The number of carbonyl (C=O) groups is 1. The number of halogens is 1. The molecule has 1 aliphatic rings. The van der Waals surface area contributed by atoms with Gasteiger partial charge in [0.05, 0.1) is 0 Å². The van der Waals surface area contributed by atoms with Crippen LogP contribution in [0.5, 0.6) is 0 Å². The fourth-order valence-electron chi connectivity index (χ4n) is 2.29. The largest absolute Gasteiger partial charge is 0.465 e. The van der Waals surface area contributed by atoms with Gasteiger partial charge in [-0.2, -0.15) is 0 Å². The van der Waals surface area contributed by atoms with Crippen LogP contribution in [0.1, 0.15) is 30.0 Å². The zero-order chi connectivity index (χ0) is 12.4. The van der Waals surface area contributed by atoms with E-state index in [2.05, 4.69) is 4.98 Å². The Kier molecular flexibility index (Phi) is 3.52. The summed E-state index contributed by atoms with van der Waals surface area (Å²) in [4.78, 5) is 16.4. The van der Waals surface area contributed by atoms with Crippen LogP contribution in [0, 0.1) is 6.92 Å². The van der Waals surface area contributed by atoms with Crippen molar-refractivity contribution >= 4 is 17.7 Å². The van der Waals surface area contributed by atoms with E-state index < -0.39 is 6.09 Å². The highest BCUT2D eigenvalue weighted by atomic mass is 35.5. The lowest BCUT2D eigenvalue weighted by molar-refractivity contribution is 0.132. The Bertz CT molecular complexity index is 408. The van der Waals surface area contributed by atoms with Crippen LogP contribution in [0.3, 0.4) is 0 Å². The summed E-state index contributed by atoms with van der Waals surface area (Å²) >= 11 is 5.93. The summed E-state index contributed by atoms with van der Waals surface area (Å²) in [5.74, 6) is 0.393. The van der Waals surface area contributed by atoms with Gasteiger partial charge in [-0.3, -0.25) is 0 Å². The Balaban J connectivity index is 2.07. The Morgan fingerprint density at radius 3 is 2.65 bits per heavy atom. The third-order valence-electron chi connectivity index (χ3n) is 3.18. The number of amides is 1. The molecule has 1 saturated heterocycles. The standard InChI is InChI=1S/C12H15ClN2O2/c1-8-6-10(7-11(13)14-8)9-2-4-15(5-3-9)12(16)17/h6-7,9H,2-5H2,1H3,(H,16,17).